The summed E-state index contributed by atoms with van der Waals surface area (Å²) in [6.07, 6.45) is 0.947. The van der Waals surface area contributed by atoms with Crippen molar-refractivity contribution in [2.24, 2.45) is 10.8 Å². The molecule has 0 radical (unpaired) electrons. The average Bonchev–Trinajstić information content (AvgIpc) is 2.91. The molecule has 1 aromatic rings. The molecule has 3 N–H and O–H groups in total. The number of halogens is 1. The van der Waals surface area contributed by atoms with Crippen LogP contribution in [0.15, 0.2) is 29.4 Å². The monoisotopic (exact) mass is 292 g/mol. The maximum Gasteiger partial charge on any atom is 0.267 e. The second-order valence-electron chi connectivity index (χ2n) is 4.75. The maximum atomic E-state index is 13.0. The number of nitrogens with one attached hydrogen (secondary N) is 1. The van der Waals surface area contributed by atoms with Gasteiger partial charge in [-0.2, -0.15) is 5.10 Å². The molecule has 1 aliphatic heterocycles. The number of nitrogens with two attached hydrogens (primary N) is 1. The maximum absolute atomic E-state index is 13.0. The fourth-order valence-electron chi connectivity index (χ4n) is 2.04. The van der Waals surface area contributed by atoms with Crippen LogP contribution in [-0.4, -0.2) is 30.1 Å². The van der Waals surface area contributed by atoms with Crippen molar-refractivity contribution in [3.05, 3.63) is 30.1 Å². The molecule has 0 bridgehead atoms. The van der Waals surface area contributed by atoms with Gasteiger partial charge in [-0.1, -0.05) is 6.92 Å². The van der Waals surface area contributed by atoms with Crippen LogP contribution in [0.5, 0.6) is 0 Å². The van der Waals surface area contributed by atoms with E-state index in [1.54, 1.807) is 0 Å². The first-order valence-electron chi connectivity index (χ1n) is 6.72. The van der Waals surface area contributed by atoms with Crippen LogP contribution in [0.4, 0.5) is 10.1 Å². The van der Waals surface area contributed by atoms with Gasteiger partial charge in [-0.15, -0.1) is 0 Å². The van der Waals surface area contributed by atoms with Crippen LogP contribution in [0, 0.1) is 5.82 Å². The van der Waals surface area contributed by atoms with Gasteiger partial charge in [0.2, 0.25) is 5.91 Å². The molecule has 1 aromatic carbocycles. The molecular formula is C14H17FN4O2. The van der Waals surface area contributed by atoms with Crippen molar-refractivity contribution in [3.63, 3.8) is 0 Å². The van der Waals surface area contributed by atoms with E-state index in [-0.39, 0.29) is 18.0 Å². The van der Waals surface area contributed by atoms with E-state index in [4.69, 9.17) is 5.73 Å². The van der Waals surface area contributed by atoms with Crippen molar-refractivity contribution in [1.82, 2.24) is 5.32 Å². The number of hydrazone groups is 1. The topological polar surface area (TPSA) is 87.8 Å². The average molecular weight is 292 g/mol. The Kier molecular flexibility index (Phi) is 4.52. The second-order valence-corrected chi connectivity index (χ2v) is 4.75. The Hall–Kier alpha value is -2.44. The number of hydrogen-bond donors (Lipinski definition) is 2. The zero-order valence-corrected chi connectivity index (χ0v) is 11.7. The lowest BCUT2D eigenvalue weighted by Crippen LogP contribution is -2.40. The number of anilines is 1. The van der Waals surface area contributed by atoms with E-state index in [9.17, 15) is 14.0 Å². The zero-order valence-electron chi connectivity index (χ0n) is 11.7. The normalized spacial score (nSPS) is 17.5. The highest BCUT2D eigenvalue weighted by Crippen LogP contribution is 2.24. The van der Waals surface area contributed by atoms with Gasteiger partial charge in [0.25, 0.3) is 5.91 Å². The molecule has 1 aliphatic rings. The Morgan fingerprint density at radius 1 is 1.43 bits per heavy atom. The number of rotatable bonds is 5. The van der Waals surface area contributed by atoms with Gasteiger partial charge in [0, 0.05) is 13.0 Å². The molecule has 2 amide bonds. The third-order valence-electron chi connectivity index (χ3n) is 3.13. The minimum atomic E-state index is -0.738. The summed E-state index contributed by atoms with van der Waals surface area (Å²) < 4.78 is 13.0. The smallest absolute Gasteiger partial charge is 0.267 e. The van der Waals surface area contributed by atoms with E-state index in [1.165, 1.54) is 29.3 Å². The fraction of sp³-hybridized carbons (Fsp3) is 0.357. The molecular weight excluding hydrogens is 275 g/mol. The first-order chi connectivity index (χ1) is 10.0. The predicted octanol–water partition coefficient (Wildman–Crippen LogP) is 0.772. The first-order valence-corrected chi connectivity index (χ1v) is 6.72. The highest BCUT2D eigenvalue weighted by atomic mass is 19.1. The SMILES string of the molecule is CCCNC(=O)C1=NN(c2ccc(F)cc2)C(C(N)=O)C1. The summed E-state index contributed by atoms with van der Waals surface area (Å²) in [5, 5.41) is 8.23. The summed E-state index contributed by atoms with van der Waals surface area (Å²) in [7, 11) is 0. The van der Waals surface area contributed by atoms with Crippen molar-refractivity contribution in [2.75, 3.05) is 11.6 Å². The molecule has 1 unspecified atom stereocenters. The lowest BCUT2D eigenvalue weighted by Gasteiger charge is -2.20. The summed E-state index contributed by atoms with van der Waals surface area (Å²) in [4.78, 5) is 23.5. The summed E-state index contributed by atoms with van der Waals surface area (Å²) in [5.74, 6) is -1.28. The van der Waals surface area contributed by atoms with Gasteiger partial charge >= 0.3 is 0 Å². The Bertz CT molecular complexity index is 571. The number of carbonyl (C=O) groups excluding carboxylic acids is 2. The highest BCUT2D eigenvalue weighted by molar-refractivity contribution is 6.40. The van der Waals surface area contributed by atoms with Gasteiger partial charge in [-0.3, -0.25) is 14.6 Å². The standard InChI is InChI=1S/C14H17FN4O2/c1-2-7-17-14(21)11-8-12(13(16)20)19(18-11)10-5-3-9(15)4-6-10/h3-6,12H,2,7-8H2,1H3,(H2,16,20)(H,17,21). The number of carbonyl (C=O) groups is 2. The number of amides is 2. The molecule has 2 rings (SSSR count). The number of benzene rings is 1. The van der Waals surface area contributed by atoms with Gasteiger partial charge in [-0.05, 0) is 30.7 Å². The Balaban J connectivity index is 2.23. The van der Waals surface area contributed by atoms with Crippen molar-refractivity contribution in [2.45, 2.75) is 25.8 Å². The Morgan fingerprint density at radius 2 is 2.10 bits per heavy atom. The highest BCUT2D eigenvalue weighted by Gasteiger charge is 2.34. The quantitative estimate of drug-likeness (QED) is 0.840. The zero-order chi connectivity index (χ0) is 15.4. The molecule has 0 aromatic heterocycles. The van der Waals surface area contributed by atoms with Crippen LogP contribution in [0.25, 0.3) is 0 Å². The summed E-state index contributed by atoms with van der Waals surface area (Å²) in [6.45, 7) is 2.48. The Morgan fingerprint density at radius 3 is 2.67 bits per heavy atom. The molecule has 0 saturated carbocycles. The van der Waals surface area contributed by atoms with Crippen LogP contribution in [0.1, 0.15) is 19.8 Å². The molecule has 0 saturated heterocycles. The minimum absolute atomic E-state index is 0.141. The van der Waals surface area contributed by atoms with Gasteiger partial charge in [0.15, 0.2) is 0 Å². The van der Waals surface area contributed by atoms with Crippen molar-refractivity contribution >= 4 is 23.2 Å². The third-order valence-corrected chi connectivity index (χ3v) is 3.13. The van der Waals surface area contributed by atoms with Crippen LogP contribution in [-0.2, 0) is 9.59 Å². The lowest BCUT2D eigenvalue weighted by atomic mass is 10.1. The summed E-state index contributed by atoms with van der Waals surface area (Å²) >= 11 is 0. The molecule has 1 atom stereocenters. The Labute approximate surface area is 121 Å². The largest absolute Gasteiger partial charge is 0.368 e. The van der Waals surface area contributed by atoms with Gasteiger partial charge in [0.05, 0.1) is 5.69 Å². The van der Waals surface area contributed by atoms with Crippen molar-refractivity contribution in [1.29, 1.82) is 0 Å². The van der Waals surface area contributed by atoms with Crippen LogP contribution >= 0.6 is 0 Å². The molecule has 7 heteroatoms. The molecule has 1 heterocycles. The fourth-order valence-corrected chi connectivity index (χ4v) is 2.04. The molecule has 0 spiro atoms. The van der Waals surface area contributed by atoms with Crippen LogP contribution in [0.2, 0.25) is 0 Å². The predicted molar refractivity (Wildman–Crippen MR) is 77.2 cm³/mol. The van der Waals surface area contributed by atoms with E-state index in [2.05, 4.69) is 10.4 Å². The lowest BCUT2D eigenvalue weighted by molar-refractivity contribution is -0.119. The van der Waals surface area contributed by atoms with E-state index in [1.807, 2.05) is 6.92 Å². The van der Waals surface area contributed by atoms with Crippen LogP contribution in [0.3, 0.4) is 0 Å². The van der Waals surface area contributed by atoms with Crippen molar-refractivity contribution < 1.29 is 14.0 Å². The molecule has 6 nitrogen and oxygen atoms in total. The first kappa shape index (κ1) is 15.0. The number of primary amides is 1. The van der Waals surface area contributed by atoms with E-state index in [0.717, 1.165) is 6.42 Å². The van der Waals surface area contributed by atoms with E-state index in [0.29, 0.717) is 12.2 Å². The second kappa shape index (κ2) is 6.34. The van der Waals surface area contributed by atoms with Crippen molar-refractivity contribution in [3.8, 4) is 0 Å². The summed E-state index contributed by atoms with van der Waals surface area (Å²) in [6, 6.07) is 4.76. The molecule has 21 heavy (non-hydrogen) atoms. The molecule has 0 fully saturated rings. The molecule has 0 aliphatic carbocycles. The van der Waals surface area contributed by atoms with Gasteiger partial charge in [-0.25, -0.2) is 4.39 Å². The van der Waals surface area contributed by atoms with E-state index >= 15 is 0 Å². The molecule has 112 valence electrons. The van der Waals surface area contributed by atoms with Gasteiger partial charge in [0.1, 0.15) is 17.6 Å². The van der Waals surface area contributed by atoms with Gasteiger partial charge < -0.3 is 11.1 Å². The summed E-state index contributed by atoms with van der Waals surface area (Å²) in [5.41, 5.74) is 6.12. The van der Waals surface area contributed by atoms with Crippen LogP contribution < -0.4 is 16.1 Å². The third kappa shape index (κ3) is 3.36. The minimum Gasteiger partial charge on any atom is -0.368 e. The number of nitrogens with zero attached hydrogens (tertiary/aromatic N) is 2. The number of hydrogen-bond acceptors (Lipinski definition) is 4. The van der Waals surface area contributed by atoms with E-state index < -0.39 is 17.8 Å².